The van der Waals surface area contributed by atoms with Crippen LogP contribution < -0.4 is 0 Å². The molecule has 0 atom stereocenters. The lowest BCUT2D eigenvalue weighted by molar-refractivity contribution is 0.842. The molecule has 66 valence electrons. The number of hydrogen-bond acceptors (Lipinski definition) is 0. The molecule has 0 heterocycles. The second-order valence-corrected chi connectivity index (χ2v) is 3.71. The number of benzene rings is 1. The average molecular weight is 162 g/mol. The monoisotopic (exact) mass is 162 g/mol. The van der Waals surface area contributed by atoms with Crippen LogP contribution in [0.1, 0.15) is 43.4 Å². The highest BCUT2D eigenvalue weighted by atomic mass is 14.1. The average Bonchev–Trinajstić information content (AvgIpc) is 2.04. The zero-order chi connectivity index (χ0) is 9.14. The molecule has 0 amide bonds. The molecule has 0 aliphatic rings. The minimum absolute atomic E-state index is 0.653. The summed E-state index contributed by atoms with van der Waals surface area (Å²) in [5.41, 5.74) is 4.38. The van der Waals surface area contributed by atoms with Gasteiger partial charge in [0.15, 0.2) is 0 Å². The standard InChI is InChI=1S/C12H18/c1-5-11-7-6-10(4)8-12(11)9(2)3/h6-9H,5H2,1-4H3. The van der Waals surface area contributed by atoms with E-state index in [9.17, 15) is 0 Å². The Morgan fingerprint density at radius 1 is 1.25 bits per heavy atom. The van der Waals surface area contributed by atoms with E-state index in [1.165, 1.54) is 16.7 Å². The molecule has 0 unspecified atom stereocenters. The summed E-state index contributed by atoms with van der Waals surface area (Å²) in [5, 5.41) is 0. The topological polar surface area (TPSA) is 0 Å². The van der Waals surface area contributed by atoms with Gasteiger partial charge in [0.2, 0.25) is 0 Å². The molecule has 0 bridgehead atoms. The van der Waals surface area contributed by atoms with Gasteiger partial charge in [-0.15, -0.1) is 0 Å². The minimum atomic E-state index is 0.653. The van der Waals surface area contributed by atoms with Crippen LogP contribution in [0.3, 0.4) is 0 Å². The van der Waals surface area contributed by atoms with Crippen molar-refractivity contribution in [3.63, 3.8) is 0 Å². The van der Waals surface area contributed by atoms with Crippen LogP contribution >= 0.6 is 0 Å². The first-order valence-corrected chi connectivity index (χ1v) is 4.74. The van der Waals surface area contributed by atoms with E-state index in [0.717, 1.165) is 6.42 Å². The summed E-state index contributed by atoms with van der Waals surface area (Å²) in [6.07, 6.45) is 1.15. The quantitative estimate of drug-likeness (QED) is 0.622. The predicted octanol–water partition coefficient (Wildman–Crippen LogP) is 3.68. The second-order valence-electron chi connectivity index (χ2n) is 3.71. The maximum Gasteiger partial charge on any atom is -0.0216 e. The van der Waals surface area contributed by atoms with Crippen molar-refractivity contribution in [2.45, 2.75) is 40.0 Å². The molecule has 0 saturated heterocycles. The van der Waals surface area contributed by atoms with Gasteiger partial charge in [-0.3, -0.25) is 0 Å². The summed E-state index contributed by atoms with van der Waals surface area (Å²) in [7, 11) is 0. The van der Waals surface area contributed by atoms with E-state index in [2.05, 4.69) is 45.9 Å². The Morgan fingerprint density at radius 3 is 2.42 bits per heavy atom. The molecule has 0 radical (unpaired) electrons. The third-order valence-electron chi connectivity index (χ3n) is 2.30. The maximum absolute atomic E-state index is 2.31. The van der Waals surface area contributed by atoms with E-state index < -0.39 is 0 Å². The lowest BCUT2D eigenvalue weighted by Crippen LogP contribution is -1.95. The fraction of sp³-hybridized carbons (Fsp3) is 0.500. The fourth-order valence-electron chi connectivity index (χ4n) is 1.57. The van der Waals surface area contributed by atoms with E-state index in [1.54, 1.807) is 0 Å². The van der Waals surface area contributed by atoms with Crippen molar-refractivity contribution < 1.29 is 0 Å². The van der Waals surface area contributed by atoms with Crippen molar-refractivity contribution in [3.8, 4) is 0 Å². The van der Waals surface area contributed by atoms with Crippen molar-refractivity contribution in [3.05, 3.63) is 34.9 Å². The Labute approximate surface area is 75.6 Å². The minimum Gasteiger partial charge on any atom is -0.0613 e. The first-order valence-electron chi connectivity index (χ1n) is 4.74. The smallest absolute Gasteiger partial charge is 0.0216 e. The summed E-state index contributed by atoms with van der Waals surface area (Å²) in [4.78, 5) is 0. The van der Waals surface area contributed by atoms with Gasteiger partial charge in [-0.2, -0.15) is 0 Å². The molecule has 0 N–H and O–H groups in total. The third kappa shape index (κ3) is 1.88. The fourth-order valence-corrected chi connectivity index (χ4v) is 1.57. The SMILES string of the molecule is CCc1ccc(C)cc1C(C)C. The van der Waals surface area contributed by atoms with Gasteiger partial charge in [0, 0.05) is 0 Å². The number of aryl methyl sites for hydroxylation is 2. The van der Waals surface area contributed by atoms with Gasteiger partial charge in [-0.1, -0.05) is 44.5 Å². The molecule has 0 nitrogen and oxygen atoms in total. The highest BCUT2D eigenvalue weighted by molar-refractivity contribution is 5.33. The molecular weight excluding hydrogens is 144 g/mol. The predicted molar refractivity (Wildman–Crippen MR) is 54.6 cm³/mol. The summed E-state index contributed by atoms with van der Waals surface area (Å²) in [6, 6.07) is 6.76. The highest BCUT2D eigenvalue weighted by Gasteiger charge is 2.04. The second kappa shape index (κ2) is 3.75. The molecular formula is C12H18. The Morgan fingerprint density at radius 2 is 1.92 bits per heavy atom. The first-order chi connectivity index (χ1) is 5.65. The van der Waals surface area contributed by atoms with E-state index in [4.69, 9.17) is 0 Å². The molecule has 0 saturated carbocycles. The number of hydrogen-bond donors (Lipinski definition) is 0. The van der Waals surface area contributed by atoms with Gasteiger partial charge < -0.3 is 0 Å². The van der Waals surface area contributed by atoms with Gasteiger partial charge in [0.05, 0.1) is 0 Å². The van der Waals surface area contributed by atoms with Crippen molar-refractivity contribution in [1.82, 2.24) is 0 Å². The highest BCUT2D eigenvalue weighted by Crippen LogP contribution is 2.21. The van der Waals surface area contributed by atoms with E-state index >= 15 is 0 Å². The van der Waals surface area contributed by atoms with Crippen LogP contribution in [0.4, 0.5) is 0 Å². The van der Waals surface area contributed by atoms with Gasteiger partial charge in [0.1, 0.15) is 0 Å². The molecule has 1 aromatic carbocycles. The Balaban J connectivity index is 3.12. The normalized spacial score (nSPS) is 10.8. The van der Waals surface area contributed by atoms with Crippen LogP contribution in [0.2, 0.25) is 0 Å². The molecule has 0 aliphatic carbocycles. The van der Waals surface area contributed by atoms with Crippen molar-refractivity contribution in [2.24, 2.45) is 0 Å². The molecule has 0 heteroatoms. The Kier molecular flexibility index (Phi) is 2.91. The van der Waals surface area contributed by atoms with Gasteiger partial charge in [0.25, 0.3) is 0 Å². The van der Waals surface area contributed by atoms with Crippen molar-refractivity contribution in [2.75, 3.05) is 0 Å². The van der Waals surface area contributed by atoms with Crippen LogP contribution in [0.15, 0.2) is 18.2 Å². The van der Waals surface area contributed by atoms with Crippen LogP contribution in [0, 0.1) is 6.92 Å². The van der Waals surface area contributed by atoms with Gasteiger partial charge in [-0.05, 0) is 30.4 Å². The van der Waals surface area contributed by atoms with Crippen LogP contribution in [0.5, 0.6) is 0 Å². The van der Waals surface area contributed by atoms with Gasteiger partial charge >= 0.3 is 0 Å². The van der Waals surface area contributed by atoms with E-state index in [0.29, 0.717) is 5.92 Å². The molecule has 0 aliphatic heterocycles. The first kappa shape index (κ1) is 9.31. The molecule has 1 rings (SSSR count). The van der Waals surface area contributed by atoms with Crippen molar-refractivity contribution in [1.29, 1.82) is 0 Å². The van der Waals surface area contributed by atoms with Crippen LogP contribution in [-0.4, -0.2) is 0 Å². The summed E-state index contributed by atoms with van der Waals surface area (Å²) < 4.78 is 0. The zero-order valence-electron chi connectivity index (χ0n) is 8.52. The zero-order valence-corrected chi connectivity index (χ0v) is 8.52. The molecule has 0 spiro atoms. The third-order valence-corrected chi connectivity index (χ3v) is 2.30. The largest absolute Gasteiger partial charge is 0.0613 e. The van der Waals surface area contributed by atoms with E-state index in [1.807, 2.05) is 0 Å². The molecule has 12 heavy (non-hydrogen) atoms. The van der Waals surface area contributed by atoms with Gasteiger partial charge in [-0.25, -0.2) is 0 Å². The van der Waals surface area contributed by atoms with Crippen LogP contribution in [0.25, 0.3) is 0 Å². The lowest BCUT2D eigenvalue weighted by atomic mass is 9.94. The summed E-state index contributed by atoms with van der Waals surface area (Å²) in [5.74, 6) is 0.653. The summed E-state index contributed by atoms with van der Waals surface area (Å²) in [6.45, 7) is 8.89. The molecule has 0 fully saturated rings. The summed E-state index contributed by atoms with van der Waals surface area (Å²) >= 11 is 0. The molecule has 0 aromatic heterocycles. The van der Waals surface area contributed by atoms with Crippen LogP contribution in [-0.2, 0) is 6.42 Å². The van der Waals surface area contributed by atoms with E-state index in [-0.39, 0.29) is 0 Å². The van der Waals surface area contributed by atoms with Crippen molar-refractivity contribution >= 4 is 0 Å². The Hall–Kier alpha value is -0.780. The maximum atomic E-state index is 2.31. The molecule has 1 aromatic rings. The lowest BCUT2D eigenvalue weighted by Gasteiger charge is -2.11. The number of rotatable bonds is 2. The Bertz CT molecular complexity index is 259.